The van der Waals surface area contributed by atoms with Crippen LogP contribution in [0.2, 0.25) is 5.02 Å². The molecule has 4 rings (SSSR count). The molecule has 5 nitrogen and oxygen atoms in total. The van der Waals surface area contributed by atoms with Crippen LogP contribution in [0.4, 0.5) is 21.6 Å². The third kappa shape index (κ3) is 3.54. The lowest BCUT2D eigenvalue weighted by molar-refractivity contribution is 0.0983. The average Bonchev–Trinajstić information content (AvgIpc) is 3.05. The van der Waals surface area contributed by atoms with Crippen molar-refractivity contribution in [1.82, 2.24) is 9.97 Å². The van der Waals surface area contributed by atoms with Crippen molar-refractivity contribution in [3.05, 3.63) is 71.3 Å². The Hall–Kier alpha value is -3.38. The molecule has 0 fully saturated rings. The van der Waals surface area contributed by atoms with Crippen molar-refractivity contribution >= 4 is 45.5 Å². The Morgan fingerprint density at radius 2 is 2.07 bits per heavy atom. The maximum Gasteiger partial charge on any atom is 0.180 e. The Morgan fingerprint density at radius 1 is 1.24 bits per heavy atom. The smallest absolute Gasteiger partial charge is 0.180 e. The van der Waals surface area contributed by atoms with Gasteiger partial charge in [0.2, 0.25) is 0 Å². The summed E-state index contributed by atoms with van der Waals surface area (Å²) < 4.78 is 13.4. The van der Waals surface area contributed by atoms with Crippen LogP contribution >= 0.6 is 11.6 Å². The molecule has 4 N–H and O–H groups in total. The Morgan fingerprint density at radius 3 is 2.83 bits per heavy atom. The van der Waals surface area contributed by atoms with Gasteiger partial charge in [-0.1, -0.05) is 36.7 Å². The minimum Gasteiger partial charge on any atom is -0.384 e. The number of nitrogen functional groups attached to an aromatic ring is 1. The molecule has 2 aromatic heterocycles. The van der Waals surface area contributed by atoms with Crippen LogP contribution in [0.25, 0.3) is 22.0 Å². The molecule has 0 atom stereocenters. The van der Waals surface area contributed by atoms with Gasteiger partial charge in [-0.05, 0) is 35.9 Å². The molecule has 0 spiro atoms. The van der Waals surface area contributed by atoms with Crippen molar-refractivity contribution in [2.24, 2.45) is 0 Å². The molecule has 0 aliphatic heterocycles. The molecule has 0 aliphatic carbocycles. The molecule has 146 valence electrons. The number of hydrogen-bond donors (Lipinski definition) is 3. The number of ketones is 1. The highest BCUT2D eigenvalue weighted by Crippen LogP contribution is 2.38. The predicted molar refractivity (Wildman–Crippen MR) is 115 cm³/mol. The number of nitrogens with zero attached hydrogens (tertiary/aromatic N) is 1. The summed E-state index contributed by atoms with van der Waals surface area (Å²) in [5.74, 6) is -0.0612. The number of carbonyl (C=O) groups is 1. The van der Waals surface area contributed by atoms with E-state index in [0.29, 0.717) is 29.3 Å². The number of carbonyl (C=O) groups excluding carboxylic acids is 1. The van der Waals surface area contributed by atoms with E-state index in [4.69, 9.17) is 17.3 Å². The molecule has 0 amide bonds. The van der Waals surface area contributed by atoms with E-state index in [9.17, 15) is 9.18 Å². The number of nitrogens with one attached hydrogen (secondary N) is 2. The van der Waals surface area contributed by atoms with E-state index in [-0.39, 0.29) is 10.8 Å². The molecule has 0 saturated heterocycles. The number of fused-ring (bicyclic) bond motifs is 1. The summed E-state index contributed by atoms with van der Waals surface area (Å²) in [5, 5.41) is 4.10. The maximum atomic E-state index is 13.4. The van der Waals surface area contributed by atoms with E-state index in [1.807, 2.05) is 31.2 Å². The quantitative estimate of drug-likeness (QED) is 0.357. The van der Waals surface area contributed by atoms with Crippen molar-refractivity contribution in [3.8, 4) is 11.1 Å². The van der Waals surface area contributed by atoms with Gasteiger partial charge in [-0.2, -0.15) is 0 Å². The van der Waals surface area contributed by atoms with Gasteiger partial charge in [-0.15, -0.1) is 0 Å². The molecule has 2 heterocycles. The first-order valence-electron chi connectivity index (χ1n) is 9.09. The zero-order valence-electron chi connectivity index (χ0n) is 15.6. The van der Waals surface area contributed by atoms with E-state index in [1.54, 1.807) is 18.3 Å². The summed E-state index contributed by atoms with van der Waals surface area (Å²) in [5.41, 5.74) is 10.5. The molecule has 2 aromatic carbocycles. The molecule has 29 heavy (non-hydrogen) atoms. The highest BCUT2D eigenvalue weighted by atomic mass is 35.5. The standard InChI is InChI=1S/C22H18ClFN4O/c1-2-19(29)18-10-12(8-9-26-18)14-4-3-5-15-20(14)28-22(25)21(15)27-13-6-7-17(24)16(23)11-13/h3-11,27-28H,2,25H2,1H3. The number of anilines is 3. The third-order valence-electron chi connectivity index (χ3n) is 4.73. The van der Waals surface area contributed by atoms with Crippen molar-refractivity contribution in [2.75, 3.05) is 11.1 Å². The van der Waals surface area contributed by atoms with Crippen LogP contribution < -0.4 is 11.1 Å². The van der Waals surface area contributed by atoms with Crippen LogP contribution in [0, 0.1) is 5.82 Å². The summed E-state index contributed by atoms with van der Waals surface area (Å²) in [6, 6.07) is 13.8. The predicted octanol–water partition coefficient (Wildman–Crippen LogP) is 5.94. The Labute approximate surface area is 171 Å². The summed E-state index contributed by atoms with van der Waals surface area (Å²) in [4.78, 5) is 19.4. The first-order valence-corrected chi connectivity index (χ1v) is 9.47. The average molecular weight is 409 g/mol. The minimum absolute atomic E-state index is 0.0134. The number of rotatable bonds is 5. The highest BCUT2D eigenvalue weighted by Gasteiger charge is 2.15. The molecule has 0 aliphatic rings. The molecular formula is C22H18ClFN4O. The highest BCUT2D eigenvalue weighted by molar-refractivity contribution is 6.31. The number of benzene rings is 2. The van der Waals surface area contributed by atoms with Crippen LogP contribution in [-0.2, 0) is 0 Å². The number of nitrogens with two attached hydrogens (primary N) is 1. The number of H-pyrrole nitrogens is 1. The van der Waals surface area contributed by atoms with Gasteiger partial charge in [0, 0.05) is 29.3 Å². The van der Waals surface area contributed by atoms with E-state index in [2.05, 4.69) is 15.3 Å². The fraction of sp³-hybridized carbons (Fsp3) is 0.0909. The van der Waals surface area contributed by atoms with Gasteiger partial charge in [0.15, 0.2) is 5.78 Å². The Bertz CT molecular complexity index is 1230. The SMILES string of the molecule is CCC(=O)c1cc(-c2cccc3c(Nc4ccc(F)c(Cl)c4)c(N)[nH]c23)ccn1. The summed E-state index contributed by atoms with van der Waals surface area (Å²) in [6.07, 6.45) is 2.02. The molecule has 0 radical (unpaired) electrons. The molecule has 0 saturated carbocycles. The lowest BCUT2D eigenvalue weighted by Gasteiger charge is -2.08. The fourth-order valence-corrected chi connectivity index (χ4v) is 3.44. The zero-order valence-corrected chi connectivity index (χ0v) is 16.3. The third-order valence-corrected chi connectivity index (χ3v) is 5.02. The Kier molecular flexibility index (Phi) is 4.94. The van der Waals surface area contributed by atoms with Crippen molar-refractivity contribution in [1.29, 1.82) is 0 Å². The topological polar surface area (TPSA) is 83.8 Å². The van der Waals surface area contributed by atoms with Crippen LogP contribution in [0.3, 0.4) is 0 Å². The van der Waals surface area contributed by atoms with Gasteiger partial charge in [0.1, 0.15) is 17.3 Å². The number of halogens is 2. The first-order chi connectivity index (χ1) is 14.0. The van der Waals surface area contributed by atoms with Gasteiger partial charge in [-0.3, -0.25) is 9.78 Å². The number of Topliss-reactive ketones (excluding diaryl/α,β-unsaturated/α-hetero) is 1. The summed E-state index contributed by atoms with van der Waals surface area (Å²) >= 11 is 5.88. The van der Waals surface area contributed by atoms with Crippen molar-refractivity contribution in [3.63, 3.8) is 0 Å². The first kappa shape index (κ1) is 19.0. The Balaban J connectivity index is 1.80. The number of para-hydroxylation sites is 1. The second-order valence-electron chi connectivity index (χ2n) is 6.60. The summed E-state index contributed by atoms with van der Waals surface area (Å²) in [6.45, 7) is 1.81. The van der Waals surface area contributed by atoms with E-state index in [1.165, 1.54) is 12.1 Å². The normalized spacial score (nSPS) is 11.0. The number of aromatic amines is 1. The van der Waals surface area contributed by atoms with Crippen LogP contribution in [0.5, 0.6) is 0 Å². The number of pyridine rings is 1. The molecule has 0 bridgehead atoms. The second-order valence-corrected chi connectivity index (χ2v) is 7.01. The van der Waals surface area contributed by atoms with Crippen LogP contribution in [0.15, 0.2) is 54.7 Å². The van der Waals surface area contributed by atoms with Gasteiger partial charge in [0.05, 0.1) is 16.2 Å². The van der Waals surface area contributed by atoms with E-state index in [0.717, 1.165) is 22.0 Å². The largest absolute Gasteiger partial charge is 0.384 e. The second kappa shape index (κ2) is 7.56. The van der Waals surface area contributed by atoms with Crippen molar-refractivity contribution in [2.45, 2.75) is 13.3 Å². The number of aromatic nitrogens is 2. The van der Waals surface area contributed by atoms with E-state index < -0.39 is 5.82 Å². The molecule has 7 heteroatoms. The van der Waals surface area contributed by atoms with Gasteiger partial charge in [-0.25, -0.2) is 4.39 Å². The monoisotopic (exact) mass is 408 g/mol. The van der Waals surface area contributed by atoms with Crippen LogP contribution in [-0.4, -0.2) is 15.8 Å². The molecular weight excluding hydrogens is 391 g/mol. The lowest BCUT2D eigenvalue weighted by Crippen LogP contribution is -2.00. The minimum atomic E-state index is -0.485. The lowest BCUT2D eigenvalue weighted by atomic mass is 10.0. The van der Waals surface area contributed by atoms with Crippen molar-refractivity contribution < 1.29 is 9.18 Å². The van der Waals surface area contributed by atoms with Gasteiger partial charge < -0.3 is 16.0 Å². The molecule has 0 unspecified atom stereocenters. The zero-order chi connectivity index (χ0) is 20.5. The van der Waals surface area contributed by atoms with Gasteiger partial charge in [0.25, 0.3) is 0 Å². The fourth-order valence-electron chi connectivity index (χ4n) is 3.26. The van der Waals surface area contributed by atoms with Gasteiger partial charge >= 0.3 is 0 Å². The van der Waals surface area contributed by atoms with Crippen LogP contribution in [0.1, 0.15) is 23.8 Å². The molecule has 4 aromatic rings. The van der Waals surface area contributed by atoms with E-state index >= 15 is 0 Å². The maximum absolute atomic E-state index is 13.4. The summed E-state index contributed by atoms with van der Waals surface area (Å²) in [7, 11) is 0. The number of hydrogen-bond acceptors (Lipinski definition) is 4.